The molecule has 0 amide bonds. The molecule has 0 saturated carbocycles. The summed E-state index contributed by atoms with van der Waals surface area (Å²) < 4.78 is 8.60. The van der Waals surface area contributed by atoms with E-state index in [1.807, 2.05) is 103 Å². The molecule has 0 aliphatic heterocycles. The number of rotatable bonds is 9. The Morgan fingerprint density at radius 2 is 1.55 bits per heavy atom. The van der Waals surface area contributed by atoms with E-state index >= 15 is 0 Å². The minimum Gasteiger partial charge on any atom is -0.497 e. The molecule has 4 aromatic carbocycles. The summed E-state index contributed by atoms with van der Waals surface area (Å²) >= 11 is 7.63. The third kappa shape index (κ3) is 6.08. The number of benzene rings is 4. The summed E-state index contributed by atoms with van der Waals surface area (Å²) in [5.74, 6) is 1.80. The SMILES string of the molecule is COc1ccc(CNc2nccc(-c3ccc(-c4nc5c(c(SC)nn5-c5ccccc5)c(=O)n4-c4ccc(Cl)cc4)cc3)n2)cc1. The summed E-state index contributed by atoms with van der Waals surface area (Å²) in [4.78, 5) is 28.6. The Hall–Kier alpha value is -5.45. The van der Waals surface area contributed by atoms with Crippen molar-refractivity contribution < 1.29 is 4.74 Å². The monoisotopic (exact) mass is 657 g/mol. The predicted octanol–water partition coefficient (Wildman–Crippen LogP) is 7.69. The first kappa shape index (κ1) is 30.2. The lowest BCUT2D eigenvalue weighted by Gasteiger charge is -2.14. The average Bonchev–Trinajstić information content (AvgIpc) is 3.51. The van der Waals surface area contributed by atoms with Gasteiger partial charge in [0.25, 0.3) is 5.56 Å². The number of fused-ring (bicyclic) bond motifs is 1. The molecular weight excluding hydrogens is 630 g/mol. The maximum atomic E-state index is 14.3. The number of hydrogen-bond acceptors (Lipinski definition) is 8. The van der Waals surface area contributed by atoms with Crippen molar-refractivity contribution in [3.05, 3.63) is 136 Å². The smallest absolute Gasteiger partial charge is 0.270 e. The minimum atomic E-state index is -0.216. The summed E-state index contributed by atoms with van der Waals surface area (Å²) in [6.45, 7) is 0.570. The molecule has 0 spiro atoms. The van der Waals surface area contributed by atoms with Crippen molar-refractivity contribution in [2.24, 2.45) is 0 Å². The van der Waals surface area contributed by atoms with Crippen LogP contribution < -0.4 is 15.6 Å². The standard InChI is InChI=1S/C36H28ClN7O2S/c1-46-29-18-8-23(9-19-29)22-39-36-38-21-20-30(40-36)24-10-12-25(13-11-24)32-41-33-31(35(45)43(32)27-16-14-26(37)15-17-27)34(47-2)42-44(33)28-6-4-3-5-7-28/h3-21H,22H2,1-2H3,(H,38,39,40). The lowest BCUT2D eigenvalue weighted by Crippen LogP contribution is -2.22. The van der Waals surface area contributed by atoms with Crippen LogP contribution >= 0.6 is 23.4 Å². The van der Waals surface area contributed by atoms with Gasteiger partial charge in [0.2, 0.25) is 5.95 Å². The number of aromatic nitrogens is 6. The van der Waals surface area contributed by atoms with Gasteiger partial charge in [0.15, 0.2) is 5.65 Å². The summed E-state index contributed by atoms with van der Waals surface area (Å²) in [6.07, 6.45) is 3.64. The van der Waals surface area contributed by atoms with Crippen LogP contribution in [0.15, 0.2) is 125 Å². The van der Waals surface area contributed by atoms with Gasteiger partial charge in [0, 0.05) is 28.9 Å². The number of hydrogen-bond donors (Lipinski definition) is 1. The number of nitrogens with one attached hydrogen (secondary N) is 1. The Morgan fingerprint density at radius 3 is 2.26 bits per heavy atom. The number of ether oxygens (including phenoxy) is 1. The number of anilines is 1. The Balaban J connectivity index is 1.28. The van der Waals surface area contributed by atoms with E-state index in [9.17, 15) is 4.79 Å². The number of nitrogens with zero attached hydrogens (tertiary/aromatic N) is 6. The quantitative estimate of drug-likeness (QED) is 0.158. The zero-order valence-corrected chi connectivity index (χ0v) is 27.0. The zero-order valence-electron chi connectivity index (χ0n) is 25.5. The van der Waals surface area contributed by atoms with Crippen LogP contribution in [0.2, 0.25) is 5.02 Å². The molecule has 0 radical (unpaired) electrons. The van der Waals surface area contributed by atoms with E-state index in [0.717, 1.165) is 33.8 Å². The van der Waals surface area contributed by atoms with E-state index in [1.165, 1.54) is 11.8 Å². The Bertz CT molecular complexity index is 2240. The van der Waals surface area contributed by atoms with Crippen molar-refractivity contribution in [2.75, 3.05) is 18.7 Å². The van der Waals surface area contributed by atoms with Crippen LogP contribution in [-0.2, 0) is 6.54 Å². The average molecular weight is 658 g/mol. The van der Waals surface area contributed by atoms with Crippen molar-refractivity contribution in [3.63, 3.8) is 0 Å². The van der Waals surface area contributed by atoms with E-state index in [2.05, 4.69) is 10.3 Å². The number of halogens is 1. The molecule has 9 nitrogen and oxygen atoms in total. The van der Waals surface area contributed by atoms with Crippen LogP contribution in [0.5, 0.6) is 5.75 Å². The molecule has 3 heterocycles. The number of methoxy groups -OCH3 is 1. The first-order valence-corrected chi connectivity index (χ1v) is 16.3. The van der Waals surface area contributed by atoms with Gasteiger partial charge in [-0.1, -0.05) is 66.2 Å². The first-order valence-electron chi connectivity index (χ1n) is 14.7. The largest absolute Gasteiger partial charge is 0.497 e. The molecule has 0 aliphatic carbocycles. The summed E-state index contributed by atoms with van der Waals surface area (Å²) in [5.41, 5.74) is 5.22. The predicted molar refractivity (Wildman–Crippen MR) is 188 cm³/mol. The fourth-order valence-corrected chi connectivity index (χ4v) is 5.95. The van der Waals surface area contributed by atoms with E-state index in [-0.39, 0.29) is 5.56 Å². The molecule has 0 aliphatic rings. The Kier molecular flexibility index (Phi) is 8.43. The van der Waals surface area contributed by atoms with Crippen molar-refractivity contribution in [1.29, 1.82) is 0 Å². The van der Waals surface area contributed by atoms with Gasteiger partial charge in [-0.15, -0.1) is 11.8 Å². The van der Waals surface area contributed by atoms with Crippen LogP contribution in [0.25, 0.3) is 45.1 Å². The molecule has 232 valence electrons. The normalized spacial score (nSPS) is 11.1. The van der Waals surface area contributed by atoms with Crippen molar-refractivity contribution >= 4 is 40.3 Å². The van der Waals surface area contributed by atoms with Gasteiger partial charge in [-0.2, -0.15) is 5.10 Å². The lowest BCUT2D eigenvalue weighted by molar-refractivity contribution is 0.414. The number of thioether (sulfide) groups is 1. The fourth-order valence-electron chi connectivity index (χ4n) is 5.27. The van der Waals surface area contributed by atoms with Crippen LogP contribution in [0.1, 0.15) is 5.56 Å². The van der Waals surface area contributed by atoms with Crippen LogP contribution in [0, 0.1) is 0 Å². The summed E-state index contributed by atoms with van der Waals surface area (Å²) in [5, 5.41) is 9.71. The topological polar surface area (TPSA) is 99.8 Å². The highest BCUT2D eigenvalue weighted by atomic mass is 35.5. The molecule has 0 unspecified atom stereocenters. The number of para-hydroxylation sites is 1. The van der Waals surface area contributed by atoms with Crippen LogP contribution in [-0.4, -0.2) is 42.7 Å². The highest BCUT2D eigenvalue weighted by Crippen LogP contribution is 2.30. The molecule has 7 rings (SSSR count). The Labute approximate surface area is 279 Å². The zero-order chi connectivity index (χ0) is 32.3. The second kappa shape index (κ2) is 13.1. The molecule has 0 atom stereocenters. The molecule has 11 heteroatoms. The maximum absolute atomic E-state index is 14.3. The van der Waals surface area contributed by atoms with Gasteiger partial charge in [0.1, 0.15) is 22.0 Å². The second-order valence-corrected chi connectivity index (χ2v) is 11.8. The maximum Gasteiger partial charge on any atom is 0.270 e. The van der Waals surface area contributed by atoms with Gasteiger partial charge in [-0.3, -0.25) is 9.36 Å². The van der Waals surface area contributed by atoms with E-state index in [0.29, 0.717) is 45.1 Å². The first-order chi connectivity index (χ1) is 23.0. The minimum absolute atomic E-state index is 0.216. The molecule has 47 heavy (non-hydrogen) atoms. The lowest BCUT2D eigenvalue weighted by atomic mass is 10.1. The molecule has 7 aromatic rings. The van der Waals surface area contributed by atoms with E-state index in [4.69, 9.17) is 31.4 Å². The molecule has 0 fully saturated rings. The third-order valence-electron chi connectivity index (χ3n) is 7.65. The van der Waals surface area contributed by atoms with Crippen molar-refractivity contribution in [2.45, 2.75) is 11.6 Å². The van der Waals surface area contributed by atoms with Gasteiger partial charge in [0.05, 0.1) is 24.2 Å². The third-order valence-corrected chi connectivity index (χ3v) is 8.58. The summed E-state index contributed by atoms with van der Waals surface area (Å²) in [7, 11) is 1.65. The molecule has 0 bridgehead atoms. The molecule has 3 aromatic heterocycles. The van der Waals surface area contributed by atoms with E-state index in [1.54, 1.807) is 34.7 Å². The highest BCUT2D eigenvalue weighted by molar-refractivity contribution is 7.98. The van der Waals surface area contributed by atoms with Gasteiger partial charge >= 0.3 is 0 Å². The van der Waals surface area contributed by atoms with Crippen LogP contribution in [0.4, 0.5) is 5.95 Å². The van der Waals surface area contributed by atoms with Crippen molar-refractivity contribution in [1.82, 2.24) is 29.3 Å². The van der Waals surface area contributed by atoms with Gasteiger partial charge in [-0.25, -0.2) is 19.6 Å². The fraction of sp³-hybridized carbons (Fsp3) is 0.0833. The molecular formula is C36H28ClN7O2S. The molecule has 1 N–H and O–H groups in total. The van der Waals surface area contributed by atoms with Crippen molar-refractivity contribution in [3.8, 4) is 39.8 Å². The van der Waals surface area contributed by atoms with Crippen LogP contribution in [0.3, 0.4) is 0 Å². The highest BCUT2D eigenvalue weighted by Gasteiger charge is 2.22. The summed E-state index contributed by atoms with van der Waals surface area (Å²) in [6, 6.07) is 34.4. The van der Waals surface area contributed by atoms with Gasteiger partial charge < -0.3 is 10.1 Å². The molecule has 0 saturated heterocycles. The Morgan fingerprint density at radius 1 is 0.830 bits per heavy atom. The van der Waals surface area contributed by atoms with Gasteiger partial charge in [-0.05, 0) is 66.4 Å². The second-order valence-electron chi connectivity index (χ2n) is 10.6. The van der Waals surface area contributed by atoms with E-state index < -0.39 is 0 Å².